The summed E-state index contributed by atoms with van der Waals surface area (Å²) < 4.78 is 16.2. The molecule has 6 nitrogen and oxygen atoms in total. The Bertz CT molecular complexity index is 748. The van der Waals surface area contributed by atoms with Crippen LogP contribution in [-0.2, 0) is 4.79 Å². The molecule has 0 radical (unpaired) electrons. The maximum absolute atomic E-state index is 13.2. The number of carbonyl (C=O) groups is 1. The molecule has 1 atom stereocenters. The second-order valence-electron chi connectivity index (χ2n) is 6.43. The quantitative estimate of drug-likeness (QED) is 0.808. The van der Waals surface area contributed by atoms with Crippen LogP contribution in [0.5, 0.6) is 17.2 Å². The number of nitrogens with one attached hydrogen (secondary N) is 1. The third kappa shape index (κ3) is 4.10. The van der Waals surface area contributed by atoms with Gasteiger partial charge in [0, 0.05) is 30.9 Å². The third-order valence-electron chi connectivity index (χ3n) is 4.77. The van der Waals surface area contributed by atoms with Gasteiger partial charge in [-0.1, -0.05) is 30.3 Å². The van der Waals surface area contributed by atoms with Gasteiger partial charge in [0.25, 0.3) is 0 Å². The molecule has 1 N–H and O–H groups in total. The maximum Gasteiger partial charge on any atom is 0.249 e. The zero-order valence-electron chi connectivity index (χ0n) is 16.0. The minimum atomic E-state index is -0.480. The fourth-order valence-corrected chi connectivity index (χ4v) is 3.38. The highest BCUT2D eigenvalue weighted by Gasteiger charge is 2.28. The molecular formula is C21H26N2O4. The summed E-state index contributed by atoms with van der Waals surface area (Å²) in [4.78, 5) is 15.1. The van der Waals surface area contributed by atoms with Gasteiger partial charge in [0.15, 0.2) is 11.5 Å². The number of ether oxygens (including phenoxy) is 3. The number of likely N-dealkylation sites (tertiary alicyclic amines) is 1. The summed E-state index contributed by atoms with van der Waals surface area (Å²) >= 11 is 0. The predicted molar refractivity (Wildman–Crippen MR) is 105 cm³/mol. The number of hydrogen-bond donors (Lipinski definition) is 1. The lowest BCUT2D eigenvalue weighted by atomic mass is 10.0. The van der Waals surface area contributed by atoms with Crippen molar-refractivity contribution < 1.29 is 19.0 Å². The van der Waals surface area contributed by atoms with E-state index in [4.69, 9.17) is 14.2 Å². The standard InChI is InChI=1S/C21H26N2O4/c1-25-17-13-16(14-18(26-2)20(17)27-3)22-19(15-9-5-4-6-10-15)21(24)23-11-7-8-12-23/h4-6,9-10,13-14,19,22H,7-8,11-12H2,1-3H3. The minimum absolute atomic E-state index is 0.0763. The molecular weight excluding hydrogens is 344 g/mol. The molecule has 1 amide bonds. The average Bonchev–Trinajstić information content (AvgIpc) is 3.26. The molecule has 27 heavy (non-hydrogen) atoms. The molecule has 0 bridgehead atoms. The molecule has 0 aromatic heterocycles. The number of nitrogens with zero attached hydrogens (tertiary/aromatic N) is 1. The van der Waals surface area contributed by atoms with Gasteiger partial charge in [0.1, 0.15) is 6.04 Å². The first-order valence-electron chi connectivity index (χ1n) is 9.08. The Labute approximate surface area is 160 Å². The molecule has 0 aliphatic carbocycles. The van der Waals surface area contributed by atoms with E-state index in [0.717, 1.165) is 37.2 Å². The molecule has 3 rings (SSSR count). The summed E-state index contributed by atoms with van der Waals surface area (Å²) in [6, 6.07) is 12.9. The SMILES string of the molecule is COc1cc(NC(C(=O)N2CCCC2)c2ccccc2)cc(OC)c1OC. The number of carbonyl (C=O) groups excluding carboxylic acids is 1. The average molecular weight is 370 g/mol. The van der Waals surface area contributed by atoms with E-state index < -0.39 is 6.04 Å². The molecule has 0 spiro atoms. The van der Waals surface area contributed by atoms with Crippen LogP contribution in [0.3, 0.4) is 0 Å². The zero-order chi connectivity index (χ0) is 19.2. The Balaban J connectivity index is 1.95. The fourth-order valence-electron chi connectivity index (χ4n) is 3.38. The molecule has 144 valence electrons. The van der Waals surface area contributed by atoms with Crippen molar-refractivity contribution in [1.82, 2.24) is 4.90 Å². The van der Waals surface area contributed by atoms with Gasteiger partial charge in [-0.25, -0.2) is 0 Å². The Hall–Kier alpha value is -2.89. The lowest BCUT2D eigenvalue weighted by molar-refractivity contribution is -0.131. The van der Waals surface area contributed by atoms with Crippen LogP contribution >= 0.6 is 0 Å². The highest BCUT2D eigenvalue weighted by Crippen LogP contribution is 2.40. The van der Waals surface area contributed by atoms with Crippen molar-refractivity contribution in [3.05, 3.63) is 48.0 Å². The van der Waals surface area contributed by atoms with E-state index in [9.17, 15) is 4.79 Å². The van der Waals surface area contributed by atoms with Crippen LogP contribution < -0.4 is 19.5 Å². The van der Waals surface area contributed by atoms with E-state index in [1.165, 1.54) is 0 Å². The highest BCUT2D eigenvalue weighted by atomic mass is 16.5. The number of amides is 1. The minimum Gasteiger partial charge on any atom is -0.493 e. The van der Waals surface area contributed by atoms with Crippen molar-refractivity contribution in [2.24, 2.45) is 0 Å². The van der Waals surface area contributed by atoms with Gasteiger partial charge >= 0.3 is 0 Å². The smallest absolute Gasteiger partial charge is 0.249 e. The Morgan fingerprint density at radius 1 is 0.963 bits per heavy atom. The summed E-state index contributed by atoms with van der Waals surface area (Å²) in [5.41, 5.74) is 1.65. The largest absolute Gasteiger partial charge is 0.493 e. The Morgan fingerprint density at radius 2 is 1.56 bits per heavy atom. The van der Waals surface area contributed by atoms with Crippen LogP contribution in [0.4, 0.5) is 5.69 Å². The number of anilines is 1. The molecule has 1 aliphatic heterocycles. The molecule has 0 saturated carbocycles. The number of hydrogen-bond acceptors (Lipinski definition) is 5. The third-order valence-corrected chi connectivity index (χ3v) is 4.77. The van der Waals surface area contributed by atoms with E-state index in [1.807, 2.05) is 47.4 Å². The van der Waals surface area contributed by atoms with Gasteiger partial charge in [-0.15, -0.1) is 0 Å². The van der Waals surface area contributed by atoms with Gasteiger partial charge in [-0.05, 0) is 18.4 Å². The number of methoxy groups -OCH3 is 3. The normalized spacial score (nSPS) is 14.6. The summed E-state index contributed by atoms with van der Waals surface area (Å²) in [6.07, 6.45) is 2.11. The van der Waals surface area contributed by atoms with Crippen molar-refractivity contribution in [2.45, 2.75) is 18.9 Å². The summed E-state index contributed by atoms with van der Waals surface area (Å²) in [5, 5.41) is 3.37. The topological polar surface area (TPSA) is 60.0 Å². The van der Waals surface area contributed by atoms with E-state index in [0.29, 0.717) is 17.2 Å². The van der Waals surface area contributed by atoms with Crippen LogP contribution in [0.25, 0.3) is 0 Å². The summed E-state index contributed by atoms with van der Waals surface area (Å²) in [6.45, 7) is 1.61. The van der Waals surface area contributed by atoms with Gasteiger partial charge in [0.05, 0.1) is 21.3 Å². The lowest BCUT2D eigenvalue weighted by Crippen LogP contribution is -2.36. The summed E-state index contributed by atoms with van der Waals surface area (Å²) in [7, 11) is 4.72. The van der Waals surface area contributed by atoms with Crippen LogP contribution in [0, 0.1) is 0 Å². The first-order valence-corrected chi connectivity index (χ1v) is 9.08. The molecule has 1 heterocycles. The van der Waals surface area contributed by atoms with Crippen molar-refractivity contribution in [1.29, 1.82) is 0 Å². The van der Waals surface area contributed by atoms with Crippen LogP contribution in [0.15, 0.2) is 42.5 Å². The maximum atomic E-state index is 13.2. The Kier molecular flexibility index (Phi) is 6.06. The molecule has 1 aliphatic rings. The van der Waals surface area contributed by atoms with Gasteiger partial charge in [-0.3, -0.25) is 4.79 Å². The Morgan fingerprint density at radius 3 is 2.07 bits per heavy atom. The van der Waals surface area contributed by atoms with Crippen molar-refractivity contribution in [3.63, 3.8) is 0 Å². The molecule has 1 fully saturated rings. The van der Waals surface area contributed by atoms with Crippen molar-refractivity contribution in [3.8, 4) is 17.2 Å². The molecule has 6 heteroatoms. The first kappa shape index (κ1) is 18.9. The second kappa shape index (κ2) is 8.66. The zero-order valence-corrected chi connectivity index (χ0v) is 16.0. The van der Waals surface area contributed by atoms with Gasteiger partial charge in [0.2, 0.25) is 11.7 Å². The van der Waals surface area contributed by atoms with Crippen LogP contribution in [0.2, 0.25) is 0 Å². The highest BCUT2D eigenvalue weighted by molar-refractivity contribution is 5.86. The molecule has 2 aromatic carbocycles. The van der Waals surface area contributed by atoms with E-state index in [-0.39, 0.29) is 5.91 Å². The van der Waals surface area contributed by atoms with E-state index in [1.54, 1.807) is 21.3 Å². The predicted octanol–water partition coefficient (Wildman–Crippen LogP) is 3.49. The van der Waals surface area contributed by atoms with Crippen molar-refractivity contribution >= 4 is 11.6 Å². The molecule has 1 unspecified atom stereocenters. The monoisotopic (exact) mass is 370 g/mol. The second-order valence-corrected chi connectivity index (χ2v) is 6.43. The van der Waals surface area contributed by atoms with Crippen LogP contribution in [-0.4, -0.2) is 45.2 Å². The summed E-state index contributed by atoms with van der Waals surface area (Å²) in [5.74, 6) is 1.68. The van der Waals surface area contributed by atoms with E-state index in [2.05, 4.69) is 5.32 Å². The lowest BCUT2D eigenvalue weighted by Gasteiger charge is -2.26. The van der Waals surface area contributed by atoms with Gasteiger partial charge in [-0.2, -0.15) is 0 Å². The van der Waals surface area contributed by atoms with Crippen molar-refractivity contribution in [2.75, 3.05) is 39.7 Å². The molecule has 1 saturated heterocycles. The van der Waals surface area contributed by atoms with Gasteiger partial charge < -0.3 is 24.4 Å². The first-order chi connectivity index (χ1) is 13.2. The van der Waals surface area contributed by atoms with Crippen LogP contribution in [0.1, 0.15) is 24.4 Å². The number of rotatable bonds is 7. The fraction of sp³-hybridized carbons (Fsp3) is 0.381. The number of benzene rings is 2. The van der Waals surface area contributed by atoms with E-state index >= 15 is 0 Å². The molecule has 2 aromatic rings.